The maximum atomic E-state index is 11.8. The van der Waals surface area contributed by atoms with Crippen LogP contribution in [0.25, 0.3) is 0 Å². The summed E-state index contributed by atoms with van der Waals surface area (Å²) in [7, 11) is 1.25. The van der Waals surface area contributed by atoms with Crippen molar-refractivity contribution in [1.82, 2.24) is 0 Å². The highest BCUT2D eigenvalue weighted by Crippen LogP contribution is 2.53. The van der Waals surface area contributed by atoms with Crippen molar-refractivity contribution in [3.63, 3.8) is 0 Å². The molecule has 3 aliphatic heterocycles. The number of esters is 1. The van der Waals surface area contributed by atoms with Gasteiger partial charge in [-0.25, -0.2) is 0 Å². The molecule has 0 aromatic carbocycles. The average molecular weight is 256 g/mol. The number of fused-ring (bicyclic) bond motifs is 3. The van der Waals surface area contributed by atoms with Gasteiger partial charge in [0.05, 0.1) is 30.3 Å². The molecule has 0 amide bonds. The van der Waals surface area contributed by atoms with Crippen LogP contribution < -0.4 is 0 Å². The Morgan fingerprint density at radius 2 is 2.41 bits per heavy atom. The van der Waals surface area contributed by atoms with E-state index in [2.05, 4.69) is 0 Å². The van der Waals surface area contributed by atoms with Crippen molar-refractivity contribution < 1.29 is 19.0 Å². The first kappa shape index (κ1) is 11.7. The van der Waals surface area contributed by atoms with E-state index in [-0.39, 0.29) is 29.7 Å². The molecule has 0 radical (unpaired) electrons. The maximum Gasteiger partial charge on any atom is 0.314 e. The van der Waals surface area contributed by atoms with Crippen molar-refractivity contribution in [3.05, 3.63) is 0 Å². The summed E-state index contributed by atoms with van der Waals surface area (Å²) in [5, 5.41) is 0. The predicted octanol–water partition coefficient (Wildman–Crippen LogP) is 0.0399. The largest absolute Gasteiger partial charge is 0.465 e. The van der Waals surface area contributed by atoms with Crippen molar-refractivity contribution in [2.24, 2.45) is 5.41 Å². The molecule has 17 heavy (non-hydrogen) atoms. The van der Waals surface area contributed by atoms with Gasteiger partial charge in [-0.05, 0) is 12.8 Å². The van der Waals surface area contributed by atoms with Crippen molar-refractivity contribution in [1.29, 1.82) is 0 Å². The average Bonchev–Trinajstić information content (AvgIpc) is 2.96. The minimum absolute atomic E-state index is 0.0389. The van der Waals surface area contributed by atoms with Gasteiger partial charge in [-0.15, -0.1) is 0 Å². The summed E-state index contributed by atoms with van der Waals surface area (Å²) in [6, 6.07) is 1.29. The summed E-state index contributed by atoms with van der Waals surface area (Å²) in [6.07, 6.45) is 4.06. The van der Waals surface area contributed by atoms with Crippen LogP contribution in [0.4, 0.5) is 0 Å². The minimum Gasteiger partial charge on any atom is -0.465 e. The van der Waals surface area contributed by atoms with Gasteiger partial charge in [0.1, 0.15) is 0 Å². The summed E-state index contributed by atoms with van der Waals surface area (Å²) >= 11 is 0. The molecule has 0 saturated carbocycles. The third-order valence-corrected chi connectivity index (χ3v) is 5.11. The second-order valence-corrected chi connectivity index (χ2v) is 6.41. The summed E-state index contributed by atoms with van der Waals surface area (Å²) < 4.78 is 16.9. The molecule has 4 nitrogen and oxygen atoms in total. The zero-order chi connectivity index (χ0) is 11.9. The Kier molecular flexibility index (Phi) is 3.00. The van der Waals surface area contributed by atoms with Crippen molar-refractivity contribution in [2.45, 2.75) is 50.0 Å². The van der Waals surface area contributed by atoms with E-state index in [1.807, 2.05) is 0 Å². The highest BCUT2D eigenvalue weighted by atomic mass is 28.1. The quantitative estimate of drug-likeness (QED) is 0.405. The Morgan fingerprint density at radius 1 is 1.53 bits per heavy atom. The van der Waals surface area contributed by atoms with Crippen molar-refractivity contribution in [3.8, 4) is 0 Å². The number of ether oxygens (including phenoxy) is 3. The molecule has 5 heteroatoms. The fraction of sp³-hybridized carbons (Fsp3) is 0.917. The predicted molar refractivity (Wildman–Crippen MR) is 65.0 cm³/mol. The van der Waals surface area contributed by atoms with Gasteiger partial charge in [0.25, 0.3) is 0 Å². The van der Waals surface area contributed by atoms with Crippen molar-refractivity contribution in [2.75, 3.05) is 13.2 Å². The second kappa shape index (κ2) is 4.37. The molecule has 0 aromatic rings. The topological polar surface area (TPSA) is 44.8 Å². The fourth-order valence-corrected chi connectivity index (χ4v) is 3.64. The SMILES string of the molecule is O=C1OCCC12CC1OC2CC1OCCC[SiH3]. The number of carbonyl (C=O) groups excluding carboxylic acids is 1. The second-order valence-electron chi connectivity index (χ2n) is 5.41. The van der Waals surface area contributed by atoms with E-state index in [4.69, 9.17) is 14.2 Å². The highest BCUT2D eigenvalue weighted by molar-refractivity contribution is 6.08. The lowest BCUT2D eigenvalue weighted by Crippen LogP contribution is -2.41. The van der Waals surface area contributed by atoms with Gasteiger partial charge < -0.3 is 14.2 Å². The molecule has 1 spiro atoms. The molecule has 0 aromatic heterocycles. The molecule has 96 valence electrons. The van der Waals surface area contributed by atoms with Gasteiger partial charge in [-0.1, -0.05) is 6.04 Å². The van der Waals surface area contributed by atoms with Gasteiger partial charge in [0, 0.05) is 29.7 Å². The van der Waals surface area contributed by atoms with Gasteiger partial charge >= 0.3 is 5.97 Å². The molecule has 0 N–H and O–H groups in total. The summed E-state index contributed by atoms with van der Waals surface area (Å²) in [5.41, 5.74) is -0.317. The molecular weight excluding hydrogens is 236 g/mol. The first-order chi connectivity index (χ1) is 8.26. The number of rotatable bonds is 4. The van der Waals surface area contributed by atoms with E-state index in [0.717, 1.165) is 32.3 Å². The number of hydrogen-bond acceptors (Lipinski definition) is 4. The maximum absolute atomic E-state index is 11.8. The highest BCUT2D eigenvalue weighted by Gasteiger charge is 2.63. The van der Waals surface area contributed by atoms with E-state index in [9.17, 15) is 4.79 Å². The fourth-order valence-electron chi connectivity index (χ4n) is 3.35. The Bertz CT molecular complexity index is 322. The normalized spacial score (nSPS) is 43.8. The van der Waals surface area contributed by atoms with E-state index in [1.54, 1.807) is 0 Å². The Hall–Kier alpha value is -0.393. The number of cyclic esters (lactones) is 1. The zero-order valence-electron chi connectivity index (χ0n) is 10.3. The van der Waals surface area contributed by atoms with Crippen LogP contribution in [-0.4, -0.2) is 47.7 Å². The van der Waals surface area contributed by atoms with E-state index < -0.39 is 0 Å². The lowest BCUT2D eigenvalue weighted by Gasteiger charge is -2.29. The van der Waals surface area contributed by atoms with Gasteiger partial charge in [0.2, 0.25) is 0 Å². The molecule has 2 bridgehead atoms. The first-order valence-electron chi connectivity index (χ1n) is 6.70. The Balaban J connectivity index is 1.60. The Labute approximate surface area is 104 Å². The molecule has 4 unspecified atom stereocenters. The van der Waals surface area contributed by atoms with Crippen LogP contribution in [0.15, 0.2) is 0 Å². The lowest BCUT2D eigenvalue weighted by atomic mass is 9.72. The number of hydrogen-bond donors (Lipinski definition) is 0. The molecule has 3 rings (SSSR count). The Morgan fingerprint density at radius 3 is 3.00 bits per heavy atom. The monoisotopic (exact) mass is 256 g/mol. The minimum atomic E-state index is -0.317. The standard InChI is InChI=1S/C12H20O4Si/c13-11-12(2-4-15-11)7-9-8(6-10(12)16-9)14-3-1-5-17/h8-10H,1-7H2,17H3. The third-order valence-electron chi connectivity index (χ3n) is 4.40. The van der Waals surface area contributed by atoms with Crippen LogP contribution in [0.1, 0.15) is 25.7 Å². The lowest BCUT2D eigenvalue weighted by molar-refractivity contribution is -0.149. The van der Waals surface area contributed by atoms with E-state index in [0.29, 0.717) is 6.61 Å². The zero-order valence-corrected chi connectivity index (χ0v) is 12.3. The van der Waals surface area contributed by atoms with Gasteiger partial charge in [-0.3, -0.25) is 4.79 Å². The van der Waals surface area contributed by atoms with Crippen LogP contribution in [0.2, 0.25) is 6.04 Å². The van der Waals surface area contributed by atoms with Gasteiger partial charge in [0.15, 0.2) is 0 Å². The van der Waals surface area contributed by atoms with E-state index in [1.165, 1.54) is 16.3 Å². The molecule has 3 saturated heterocycles. The molecule has 3 fully saturated rings. The van der Waals surface area contributed by atoms with Crippen LogP contribution in [0, 0.1) is 5.41 Å². The molecule has 3 aliphatic rings. The number of carbonyl (C=O) groups is 1. The molecule has 3 heterocycles. The summed E-state index contributed by atoms with van der Waals surface area (Å²) in [4.78, 5) is 11.8. The molecule has 4 atom stereocenters. The van der Waals surface area contributed by atoms with Crippen LogP contribution in [-0.2, 0) is 19.0 Å². The van der Waals surface area contributed by atoms with Gasteiger partial charge in [-0.2, -0.15) is 0 Å². The molecular formula is C12H20O4Si. The smallest absolute Gasteiger partial charge is 0.314 e. The van der Waals surface area contributed by atoms with Crippen LogP contribution in [0.5, 0.6) is 0 Å². The first-order valence-corrected chi connectivity index (χ1v) is 8.12. The summed E-state index contributed by atoms with van der Waals surface area (Å²) in [5.74, 6) is -0.0389. The van der Waals surface area contributed by atoms with Crippen LogP contribution in [0.3, 0.4) is 0 Å². The molecule has 0 aliphatic carbocycles. The summed E-state index contributed by atoms with van der Waals surface area (Å²) in [6.45, 7) is 1.41. The van der Waals surface area contributed by atoms with E-state index >= 15 is 0 Å². The van der Waals surface area contributed by atoms with Crippen molar-refractivity contribution >= 4 is 16.2 Å². The third kappa shape index (κ3) is 1.75. The van der Waals surface area contributed by atoms with Crippen LogP contribution >= 0.6 is 0 Å².